The van der Waals surface area contributed by atoms with Crippen LogP contribution in [0.1, 0.15) is 23.6 Å². The zero-order chi connectivity index (χ0) is 16.5. The van der Waals surface area contributed by atoms with Gasteiger partial charge in [-0.25, -0.2) is 4.39 Å². The molecular weight excluding hydrogens is 287 g/mol. The number of hydrogen-bond donors (Lipinski definition) is 2. The molecule has 0 aromatic heterocycles. The highest BCUT2D eigenvalue weighted by Gasteiger charge is 2.05. The molecular formula is C20H27FN2. The van der Waals surface area contributed by atoms with Crippen molar-refractivity contribution >= 4 is 0 Å². The molecule has 2 rings (SSSR count). The molecule has 0 fully saturated rings. The SMILES string of the molecule is CNCCc1cccc(CC(C)NCCc2ccccc2F)c1. The average Bonchev–Trinajstić information content (AvgIpc) is 2.55. The second kappa shape index (κ2) is 9.43. The fourth-order valence-corrected chi connectivity index (χ4v) is 2.76. The van der Waals surface area contributed by atoms with Gasteiger partial charge in [-0.3, -0.25) is 0 Å². The van der Waals surface area contributed by atoms with Crippen molar-refractivity contribution in [3.05, 3.63) is 71.0 Å². The van der Waals surface area contributed by atoms with Crippen LogP contribution in [-0.2, 0) is 19.3 Å². The van der Waals surface area contributed by atoms with E-state index in [0.717, 1.165) is 37.9 Å². The Morgan fingerprint density at radius 1 is 0.957 bits per heavy atom. The highest BCUT2D eigenvalue weighted by atomic mass is 19.1. The molecule has 0 bridgehead atoms. The van der Waals surface area contributed by atoms with E-state index >= 15 is 0 Å². The van der Waals surface area contributed by atoms with Gasteiger partial charge in [0.1, 0.15) is 5.82 Å². The molecule has 124 valence electrons. The fourth-order valence-electron chi connectivity index (χ4n) is 2.76. The lowest BCUT2D eigenvalue weighted by Crippen LogP contribution is -2.30. The summed E-state index contributed by atoms with van der Waals surface area (Å²) in [5.41, 5.74) is 3.50. The molecule has 1 atom stereocenters. The third kappa shape index (κ3) is 6.12. The summed E-state index contributed by atoms with van der Waals surface area (Å²) in [5.74, 6) is -0.112. The predicted molar refractivity (Wildman–Crippen MR) is 95.3 cm³/mol. The zero-order valence-electron chi connectivity index (χ0n) is 14.1. The summed E-state index contributed by atoms with van der Waals surface area (Å²) in [5, 5.41) is 6.67. The molecule has 0 radical (unpaired) electrons. The maximum Gasteiger partial charge on any atom is 0.126 e. The molecule has 2 aromatic carbocycles. The molecule has 0 aliphatic carbocycles. The summed E-state index contributed by atoms with van der Waals surface area (Å²) >= 11 is 0. The number of benzene rings is 2. The van der Waals surface area contributed by atoms with Gasteiger partial charge in [0.2, 0.25) is 0 Å². The Morgan fingerprint density at radius 3 is 2.52 bits per heavy atom. The summed E-state index contributed by atoms with van der Waals surface area (Å²) in [6.07, 6.45) is 2.77. The van der Waals surface area contributed by atoms with Crippen LogP contribution >= 0.6 is 0 Å². The largest absolute Gasteiger partial charge is 0.319 e. The van der Waals surface area contributed by atoms with Gasteiger partial charge in [0.15, 0.2) is 0 Å². The molecule has 2 N–H and O–H groups in total. The maximum atomic E-state index is 13.6. The standard InChI is InChI=1S/C20H27FN2/c1-16(23-13-11-19-8-3-4-9-20(19)21)14-18-7-5-6-17(15-18)10-12-22-2/h3-9,15-16,22-23H,10-14H2,1-2H3. The topological polar surface area (TPSA) is 24.1 Å². The van der Waals surface area contributed by atoms with Crippen molar-refractivity contribution in [2.45, 2.75) is 32.2 Å². The maximum absolute atomic E-state index is 13.6. The lowest BCUT2D eigenvalue weighted by molar-refractivity contribution is 0.538. The van der Waals surface area contributed by atoms with Crippen LogP contribution in [0.5, 0.6) is 0 Å². The molecule has 0 saturated carbocycles. The summed E-state index contributed by atoms with van der Waals surface area (Å²) in [7, 11) is 1.98. The van der Waals surface area contributed by atoms with Crippen molar-refractivity contribution in [3.63, 3.8) is 0 Å². The number of rotatable bonds is 9. The first-order valence-corrected chi connectivity index (χ1v) is 8.38. The molecule has 3 heteroatoms. The minimum atomic E-state index is -0.112. The normalized spacial score (nSPS) is 12.3. The lowest BCUT2D eigenvalue weighted by Gasteiger charge is -2.15. The minimum absolute atomic E-state index is 0.112. The van der Waals surface area contributed by atoms with Crippen molar-refractivity contribution in [1.29, 1.82) is 0 Å². The van der Waals surface area contributed by atoms with Gasteiger partial charge < -0.3 is 10.6 Å². The summed E-state index contributed by atoms with van der Waals surface area (Å²) < 4.78 is 13.6. The van der Waals surface area contributed by atoms with Crippen LogP contribution in [0.15, 0.2) is 48.5 Å². The van der Waals surface area contributed by atoms with Crippen LogP contribution in [-0.4, -0.2) is 26.2 Å². The molecule has 0 amide bonds. The van der Waals surface area contributed by atoms with Crippen molar-refractivity contribution in [1.82, 2.24) is 10.6 Å². The van der Waals surface area contributed by atoms with Crippen LogP contribution in [0.3, 0.4) is 0 Å². The molecule has 0 heterocycles. The monoisotopic (exact) mass is 314 g/mol. The summed E-state index contributed by atoms with van der Waals surface area (Å²) in [4.78, 5) is 0. The molecule has 0 saturated heterocycles. The Labute approximate surface area is 139 Å². The zero-order valence-corrected chi connectivity index (χ0v) is 14.1. The third-order valence-electron chi connectivity index (χ3n) is 4.04. The highest BCUT2D eigenvalue weighted by Crippen LogP contribution is 2.09. The predicted octanol–water partition coefficient (Wildman–Crippen LogP) is 3.35. The highest BCUT2D eigenvalue weighted by molar-refractivity contribution is 5.24. The summed E-state index contributed by atoms with van der Waals surface area (Å²) in [6.45, 7) is 3.98. The molecule has 2 nitrogen and oxygen atoms in total. The average molecular weight is 314 g/mol. The van der Waals surface area contributed by atoms with Crippen molar-refractivity contribution in [3.8, 4) is 0 Å². The van der Waals surface area contributed by atoms with Gasteiger partial charge in [-0.2, -0.15) is 0 Å². The van der Waals surface area contributed by atoms with Gasteiger partial charge in [-0.05, 0) is 69.1 Å². The van der Waals surface area contributed by atoms with Crippen molar-refractivity contribution < 1.29 is 4.39 Å². The van der Waals surface area contributed by atoms with Crippen LogP contribution in [0.2, 0.25) is 0 Å². The van der Waals surface area contributed by atoms with E-state index < -0.39 is 0 Å². The van der Waals surface area contributed by atoms with Crippen LogP contribution < -0.4 is 10.6 Å². The Hall–Kier alpha value is -1.71. The molecule has 23 heavy (non-hydrogen) atoms. The number of halogens is 1. The van der Waals surface area contributed by atoms with Crippen LogP contribution in [0.4, 0.5) is 4.39 Å². The van der Waals surface area contributed by atoms with E-state index in [1.807, 2.05) is 19.2 Å². The van der Waals surface area contributed by atoms with E-state index in [-0.39, 0.29) is 5.82 Å². The first-order chi connectivity index (χ1) is 11.2. The quantitative estimate of drug-likeness (QED) is 0.742. The van der Waals surface area contributed by atoms with Gasteiger partial charge in [-0.15, -0.1) is 0 Å². The smallest absolute Gasteiger partial charge is 0.126 e. The molecule has 0 aliphatic heterocycles. The Balaban J connectivity index is 1.78. The lowest BCUT2D eigenvalue weighted by atomic mass is 10.0. The molecule has 2 aromatic rings. The molecule has 0 aliphatic rings. The number of hydrogen-bond acceptors (Lipinski definition) is 2. The van der Waals surface area contributed by atoms with Gasteiger partial charge in [0.05, 0.1) is 0 Å². The van der Waals surface area contributed by atoms with Gasteiger partial charge in [0.25, 0.3) is 0 Å². The first-order valence-electron chi connectivity index (χ1n) is 8.38. The van der Waals surface area contributed by atoms with Gasteiger partial charge in [0, 0.05) is 6.04 Å². The van der Waals surface area contributed by atoms with Crippen molar-refractivity contribution in [2.75, 3.05) is 20.1 Å². The van der Waals surface area contributed by atoms with E-state index in [1.54, 1.807) is 6.07 Å². The number of likely N-dealkylation sites (N-methyl/N-ethyl adjacent to an activating group) is 1. The molecule has 1 unspecified atom stereocenters. The van der Waals surface area contributed by atoms with Gasteiger partial charge in [-0.1, -0.05) is 42.5 Å². The van der Waals surface area contributed by atoms with Crippen LogP contribution in [0, 0.1) is 5.82 Å². The number of nitrogens with one attached hydrogen (secondary N) is 2. The van der Waals surface area contributed by atoms with Gasteiger partial charge >= 0.3 is 0 Å². The Bertz CT molecular complexity index is 598. The molecule has 0 spiro atoms. The van der Waals surface area contributed by atoms with Crippen molar-refractivity contribution in [2.24, 2.45) is 0 Å². The Morgan fingerprint density at radius 2 is 1.74 bits per heavy atom. The third-order valence-corrected chi connectivity index (χ3v) is 4.04. The second-order valence-corrected chi connectivity index (χ2v) is 6.07. The van der Waals surface area contributed by atoms with E-state index in [2.05, 4.69) is 41.8 Å². The summed E-state index contributed by atoms with van der Waals surface area (Å²) in [6, 6.07) is 16.1. The van der Waals surface area contributed by atoms with E-state index in [4.69, 9.17) is 0 Å². The van der Waals surface area contributed by atoms with E-state index in [1.165, 1.54) is 17.2 Å². The van der Waals surface area contributed by atoms with Crippen LogP contribution in [0.25, 0.3) is 0 Å². The first kappa shape index (κ1) is 17.6. The van der Waals surface area contributed by atoms with E-state index in [0.29, 0.717) is 6.04 Å². The fraction of sp³-hybridized carbons (Fsp3) is 0.400. The van der Waals surface area contributed by atoms with E-state index in [9.17, 15) is 4.39 Å². The minimum Gasteiger partial charge on any atom is -0.319 e. The Kier molecular flexibility index (Phi) is 7.24. The second-order valence-electron chi connectivity index (χ2n) is 6.07.